The number of benzene rings is 1. The van der Waals surface area contributed by atoms with Crippen molar-refractivity contribution in [3.63, 3.8) is 0 Å². The van der Waals surface area contributed by atoms with Crippen molar-refractivity contribution in [2.45, 2.75) is 6.10 Å². The third kappa shape index (κ3) is 1.23. The highest BCUT2D eigenvalue weighted by Gasteiger charge is 2.18. The summed E-state index contributed by atoms with van der Waals surface area (Å²) in [7, 11) is 0. The molecule has 0 radical (unpaired) electrons. The molecule has 0 aliphatic carbocycles. The molecule has 2 rings (SSSR count). The van der Waals surface area contributed by atoms with Gasteiger partial charge in [-0.15, -0.1) is 0 Å². The Bertz CT molecular complexity index is 478. The van der Waals surface area contributed by atoms with Crippen LogP contribution >= 0.6 is 0 Å². The van der Waals surface area contributed by atoms with Gasteiger partial charge in [-0.1, -0.05) is 18.2 Å². The standard InChI is InChI=1S/C9H8N2O3/c12-8(9(13)14)6-3-1-2-5-4-10-11-7(5)6/h1-4,8,12H,(H,10,11)(H,13,14). The van der Waals surface area contributed by atoms with Crippen LogP contribution in [0.4, 0.5) is 0 Å². The monoisotopic (exact) mass is 192 g/mol. The maximum Gasteiger partial charge on any atom is 0.337 e. The predicted octanol–water partition coefficient (Wildman–Crippen LogP) is 0.681. The van der Waals surface area contributed by atoms with Gasteiger partial charge >= 0.3 is 5.97 Å². The second kappa shape index (κ2) is 3.12. The summed E-state index contributed by atoms with van der Waals surface area (Å²) in [5, 5.41) is 25.2. The molecular formula is C9H8N2O3. The van der Waals surface area contributed by atoms with E-state index in [9.17, 15) is 9.90 Å². The number of aromatic amines is 1. The number of fused-ring (bicyclic) bond motifs is 1. The second-order valence-electron chi connectivity index (χ2n) is 2.92. The normalized spacial score (nSPS) is 12.9. The van der Waals surface area contributed by atoms with Crippen LogP contribution < -0.4 is 0 Å². The van der Waals surface area contributed by atoms with Gasteiger partial charge in [0.05, 0.1) is 11.7 Å². The van der Waals surface area contributed by atoms with Gasteiger partial charge in [-0.3, -0.25) is 5.10 Å². The lowest BCUT2D eigenvalue weighted by molar-refractivity contribution is -0.146. The van der Waals surface area contributed by atoms with E-state index in [2.05, 4.69) is 10.2 Å². The highest BCUT2D eigenvalue weighted by Crippen LogP contribution is 2.21. The van der Waals surface area contributed by atoms with Gasteiger partial charge in [0, 0.05) is 10.9 Å². The van der Waals surface area contributed by atoms with Crippen LogP contribution in [0.2, 0.25) is 0 Å². The zero-order chi connectivity index (χ0) is 10.1. The molecule has 0 saturated heterocycles. The number of hydrogen-bond donors (Lipinski definition) is 3. The van der Waals surface area contributed by atoms with Gasteiger partial charge < -0.3 is 10.2 Å². The van der Waals surface area contributed by atoms with E-state index < -0.39 is 12.1 Å². The van der Waals surface area contributed by atoms with E-state index in [0.717, 1.165) is 5.39 Å². The number of carboxylic acids is 1. The van der Waals surface area contributed by atoms with Crippen molar-refractivity contribution in [2.24, 2.45) is 0 Å². The molecule has 72 valence electrons. The van der Waals surface area contributed by atoms with E-state index in [1.807, 2.05) is 0 Å². The third-order valence-electron chi connectivity index (χ3n) is 2.04. The highest BCUT2D eigenvalue weighted by atomic mass is 16.4. The Kier molecular flexibility index (Phi) is 1.94. The highest BCUT2D eigenvalue weighted by molar-refractivity contribution is 5.86. The number of aliphatic hydroxyl groups excluding tert-OH is 1. The number of hydrogen-bond acceptors (Lipinski definition) is 3. The maximum atomic E-state index is 10.6. The van der Waals surface area contributed by atoms with Gasteiger partial charge in [0.2, 0.25) is 0 Å². The van der Waals surface area contributed by atoms with Crippen molar-refractivity contribution in [3.05, 3.63) is 30.0 Å². The third-order valence-corrected chi connectivity index (χ3v) is 2.04. The minimum atomic E-state index is -1.51. The molecule has 1 unspecified atom stereocenters. The first-order chi connectivity index (χ1) is 6.70. The Morgan fingerprint density at radius 3 is 3.00 bits per heavy atom. The van der Waals surface area contributed by atoms with Crippen molar-refractivity contribution < 1.29 is 15.0 Å². The van der Waals surface area contributed by atoms with Crippen LogP contribution in [0.3, 0.4) is 0 Å². The summed E-state index contributed by atoms with van der Waals surface area (Å²) in [5.41, 5.74) is 0.884. The summed E-state index contributed by atoms with van der Waals surface area (Å²) in [5.74, 6) is -1.27. The molecule has 2 aromatic rings. The van der Waals surface area contributed by atoms with Gasteiger partial charge in [0.15, 0.2) is 6.10 Å². The van der Waals surface area contributed by atoms with Gasteiger partial charge in [0.1, 0.15) is 0 Å². The first kappa shape index (κ1) is 8.71. The molecule has 3 N–H and O–H groups in total. The average molecular weight is 192 g/mol. The fourth-order valence-electron chi connectivity index (χ4n) is 1.35. The largest absolute Gasteiger partial charge is 0.479 e. The average Bonchev–Trinajstić information content (AvgIpc) is 2.63. The Balaban J connectivity index is 2.61. The number of H-pyrrole nitrogens is 1. The molecule has 0 bridgehead atoms. The summed E-state index contributed by atoms with van der Waals surface area (Å²) in [6, 6.07) is 5.02. The zero-order valence-corrected chi connectivity index (χ0v) is 7.14. The van der Waals surface area contributed by atoms with E-state index in [0.29, 0.717) is 11.1 Å². The van der Waals surface area contributed by atoms with E-state index in [4.69, 9.17) is 5.11 Å². The molecule has 0 spiro atoms. The molecule has 0 fully saturated rings. The van der Waals surface area contributed by atoms with Crippen molar-refractivity contribution in [2.75, 3.05) is 0 Å². The van der Waals surface area contributed by atoms with E-state index in [1.54, 1.807) is 24.4 Å². The van der Waals surface area contributed by atoms with Crippen LogP contribution in [0.25, 0.3) is 10.9 Å². The first-order valence-electron chi connectivity index (χ1n) is 4.03. The fourth-order valence-corrected chi connectivity index (χ4v) is 1.35. The number of rotatable bonds is 2. The van der Waals surface area contributed by atoms with Crippen LogP contribution in [0, 0.1) is 0 Å². The summed E-state index contributed by atoms with van der Waals surface area (Å²) in [6.45, 7) is 0. The minimum Gasteiger partial charge on any atom is -0.479 e. The maximum absolute atomic E-state index is 10.6. The van der Waals surface area contributed by atoms with E-state index in [1.165, 1.54) is 0 Å². The lowest BCUT2D eigenvalue weighted by Gasteiger charge is -2.05. The number of aromatic nitrogens is 2. The lowest BCUT2D eigenvalue weighted by atomic mass is 10.1. The second-order valence-corrected chi connectivity index (χ2v) is 2.92. The molecule has 1 heterocycles. The molecule has 1 aromatic carbocycles. The molecule has 1 atom stereocenters. The molecule has 5 heteroatoms. The number of carboxylic acid groups (broad SMARTS) is 1. The SMILES string of the molecule is O=C(O)C(O)c1cccc2cn[nH]c12. The van der Waals surface area contributed by atoms with Crippen molar-refractivity contribution in [1.82, 2.24) is 10.2 Å². The fraction of sp³-hybridized carbons (Fsp3) is 0.111. The lowest BCUT2D eigenvalue weighted by Crippen LogP contribution is -2.10. The summed E-state index contributed by atoms with van der Waals surface area (Å²) in [4.78, 5) is 10.6. The van der Waals surface area contributed by atoms with E-state index in [-0.39, 0.29) is 0 Å². The smallest absolute Gasteiger partial charge is 0.337 e. The number of carbonyl (C=O) groups is 1. The van der Waals surface area contributed by atoms with Crippen LogP contribution in [0.5, 0.6) is 0 Å². The Morgan fingerprint density at radius 1 is 1.50 bits per heavy atom. The molecule has 0 amide bonds. The molecule has 0 saturated carbocycles. The Morgan fingerprint density at radius 2 is 2.29 bits per heavy atom. The van der Waals surface area contributed by atoms with Crippen molar-refractivity contribution in [3.8, 4) is 0 Å². The number of aliphatic carboxylic acids is 1. The van der Waals surface area contributed by atoms with Crippen LogP contribution in [0.1, 0.15) is 11.7 Å². The van der Waals surface area contributed by atoms with Crippen molar-refractivity contribution in [1.29, 1.82) is 0 Å². The number of para-hydroxylation sites is 1. The minimum absolute atomic E-state index is 0.326. The van der Waals surface area contributed by atoms with Crippen LogP contribution in [-0.4, -0.2) is 26.4 Å². The number of nitrogens with one attached hydrogen (secondary N) is 1. The van der Waals surface area contributed by atoms with Crippen LogP contribution in [0.15, 0.2) is 24.4 Å². The molecule has 5 nitrogen and oxygen atoms in total. The molecule has 0 aliphatic heterocycles. The summed E-state index contributed by atoms with van der Waals surface area (Å²) >= 11 is 0. The number of aliphatic hydroxyl groups is 1. The number of nitrogens with zero attached hydrogens (tertiary/aromatic N) is 1. The summed E-state index contributed by atoms with van der Waals surface area (Å²) in [6.07, 6.45) is 0.0621. The Labute approximate surface area is 79.0 Å². The van der Waals surface area contributed by atoms with Crippen molar-refractivity contribution >= 4 is 16.9 Å². The Hall–Kier alpha value is -1.88. The van der Waals surface area contributed by atoms with Gasteiger partial charge in [-0.25, -0.2) is 4.79 Å². The van der Waals surface area contributed by atoms with E-state index >= 15 is 0 Å². The quantitative estimate of drug-likeness (QED) is 0.653. The van der Waals surface area contributed by atoms with Crippen LogP contribution in [-0.2, 0) is 4.79 Å². The molecule has 14 heavy (non-hydrogen) atoms. The molecular weight excluding hydrogens is 184 g/mol. The first-order valence-corrected chi connectivity index (χ1v) is 4.03. The molecule has 1 aromatic heterocycles. The topological polar surface area (TPSA) is 86.2 Å². The van der Waals surface area contributed by atoms with Gasteiger partial charge in [0.25, 0.3) is 0 Å². The zero-order valence-electron chi connectivity index (χ0n) is 7.14. The summed E-state index contributed by atoms with van der Waals surface area (Å²) < 4.78 is 0. The van der Waals surface area contributed by atoms with Gasteiger partial charge in [-0.05, 0) is 0 Å². The van der Waals surface area contributed by atoms with Gasteiger partial charge in [-0.2, -0.15) is 5.10 Å². The molecule has 0 aliphatic rings. The predicted molar refractivity (Wildman–Crippen MR) is 48.7 cm³/mol.